The van der Waals surface area contributed by atoms with Crippen molar-refractivity contribution in [3.05, 3.63) is 29.8 Å². The van der Waals surface area contributed by atoms with Crippen LogP contribution in [0.25, 0.3) is 0 Å². The summed E-state index contributed by atoms with van der Waals surface area (Å²) >= 11 is 0. The lowest BCUT2D eigenvalue weighted by atomic mass is 10.1. The fourth-order valence-electron chi connectivity index (χ4n) is 2.73. The van der Waals surface area contributed by atoms with Gasteiger partial charge in [0, 0.05) is 24.8 Å². The normalized spacial score (nSPS) is 20.8. The van der Waals surface area contributed by atoms with Gasteiger partial charge in [-0.05, 0) is 44.0 Å². The van der Waals surface area contributed by atoms with Crippen molar-refractivity contribution in [2.24, 2.45) is 0 Å². The Balaban J connectivity index is 2.03. The molecule has 0 aromatic heterocycles. The largest absolute Gasteiger partial charge is 0.369 e. The van der Waals surface area contributed by atoms with E-state index in [9.17, 15) is 0 Å². The van der Waals surface area contributed by atoms with Crippen LogP contribution in [0.15, 0.2) is 24.3 Å². The zero-order valence-electron chi connectivity index (χ0n) is 11.8. The van der Waals surface area contributed by atoms with E-state index in [1.54, 1.807) is 0 Å². The third kappa shape index (κ3) is 3.49. The van der Waals surface area contributed by atoms with Crippen LogP contribution in [0.2, 0.25) is 0 Å². The number of benzene rings is 1. The second-order valence-corrected chi connectivity index (χ2v) is 5.34. The summed E-state index contributed by atoms with van der Waals surface area (Å²) in [6, 6.07) is 9.78. The first kappa shape index (κ1) is 13.4. The minimum atomic E-state index is 0.687. The molecular weight excluding hydrogens is 220 g/mol. The Bertz CT molecular complexity index is 345. The van der Waals surface area contributed by atoms with Crippen molar-refractivity contribution in [2.45, 2.75) is 52.1 Å². The first-order valence-corrected chi connectivity index (χ1v) is 7.37. The number of hydrogen-bond donors (Lipinski definition) is 1. The Kier molecular flexibility index (Phi) is 5.06. The predicted octanol–water partition coefficient (Wildman–Crippen LogP) is 3.57. The quantitative estimate of drug-likeness (QED) is 0.874. The third-order valence-electron chi connectivity index (χ3n) is 3.90. The molecule has 2 heteroatoms. The lowest BCUT2D eigenvalue weighted by molar-refractivity contribution is 0.616. The molecule has 1 aromatic carbocycles. The molecule has 1 aliphatic heterocycles. The highest BCUT2D eigenvalue weighted by Crippen LogP contribution is 2.24. The van der Waals surface area contributed by atoms with E-state index >= 15 is 0 Å². The fourth-order valence-corrected chi connectivity index (χ4v) is 2.73. The highest BCUT2D eigenvalue weighted by molar-refractivity contribution is 5.48. The smallest absolute Gasteiger partial charge is 0.0368 e. The Morgan fingerprint density at radius 2 is 1.94 bits per heavy atom. The minimum Gasteiger partial charge on any atom is -0.369 e. The van der Waals surface area contributed by atoms with E-state index in [-0.39, 0.29) is 0 Å². The van der Waals surface area contributed by atoms with Gasteiger partial charge in [0.2, 0.25) is 0 Å². The van der Waals surface area contributed by atoms with E-state index < -0.39 is 0 Å². The van der Waals surface area contributed by atoms with Crippen LogP contribution in [-0.2, 0) is 6.54 Å². The van der Waals surface area contributed by atoms with Crippen molar-refractivity contribution in [2.75, 3.05) is 18.0 Å². The standard InChI is InChI=1S/C16H26N2/c1-3-17-13-15-8-10-16(11-9-15)18-12-6-4-5-7-14(18)2/h8-11,14,17H,3-7,12-13H2,1-2H3. The van der Waals surface area contributed by atoms with Crippen LogP contribution < -0.4 is 10.2 Å². The van der Waals surface area contributed by atoms with Gasteiger partial charge in [-0.1, -0.05) is 31.9 Å². The first-order chi connectivity index (χ1) is 8.81. The molecule has 0 amide bonds. The Hall–Kier alpha value is -1.02. The fraction of sp³-hybridized carbons (Fsp3) is 0.625. The van der Waals surface area contributed by atoms with Crippen LogP contribution in [0.5, 0.6) is 0 Å². The summed E-state index contributed by atoms with van der Waals surface area (Å²) in [4.78, 5) is 2.57. The lowest BCUT2D eigenvalue weighted by Crippen LogP contribution is -2.32. The Morgan fingerprint density at radius 1 is 1.17 bits per heavy atom. The van der Waals surface area contributed by atoms with E-state index in [0.717, 1.165) is 13.1 Å². The number of hydrogen-bond acceptors (Lipinski definition) is 2. The summed E-state index contributed by atoms with van der Waals surface area (Å²) in [5, 5.41) is 3.37. The zero-order chi connectivity index (χ0) is 12.8. The number of anilines is 1. The average molecular weight is 246 g/mol. The maximum absolute atomic E-state index is 3.37. The molecule has 0 bridgehead atoms. The van der Waals surface area contributed by atoms with Crippen molar-refractivity contribution >= 4 is 5.69 Å². The van der Waals surface area contributed by atoms with Gasteiger partial charge in [0.15, 0.2) is 0 Å². The second kappa shape index (κ2) is 6.79. The topological polar surface area (TPSA) is 15.3 Å². The van der Waals surface area contributed by atoms with E-state index in [4.69, 9.17) is 0 Å². The highest BCUT2D eigenvalue weighted by Gasteiger charge is 2.16. The van der Waals surface area contributed by atoms with Crippen molar-refractivity contribution in [1.29, 1.82) is 0 Å². The number of nitrogens with one attached hydrogen (secondary N) is 1. The highest BCUT2D eigenvalue weighted by atomic mass is 15.2. The molecule has 1 saturated heterocycles. The third-order valence-corrected chi connectivity index (χ3v) is 3.90. The number of rotatable bonds is 4. The second-order valence-electron chi connectivity index (χ2n) is 5.34. The SMILES string of the molecule is CCNCc1ccc(N2CCCCCC2C)cc1. The molecular formula is C16H26N2. The van der Waals surface area contributed by atoms with Gasteiger partial charge in [-0.2, -0.15) is 0 Å². The lowest BCUT2D eigenvalue weighted by Gasteiger charge is -2.29. The van der Waals surface area contributed by atoms with Crippen LogP contribution >= 0.6 is 0 Å². The molecule has 18 heavy (non-hydrogen) atoms. The number of nitrogens with zero attached hydrogens (tertiary/aromatic N) is 1. The molecule has 1 fully saturated rings. The maximum Gasteiger partial charge on any atom is 0.0368 e. The molecule has 1 N–H and O–H groups in total. The molecule has 100 valence electrons. The van der Waals surface area contributed by atoms with Crippen LogP contribution in [0.4, 0.5) is 5.69 Å². The Labute approximate surface area is 111 Å². The van der Waals surface area contributed by atoms with E-state index in [2.05, 4.69) is 48.3 Å². The zero-order valence-corrected chi connectivity index (χ0v) is 11.8. The van der Waals surface area contributed by atoms with Gasteiger partial charge in [-0.3, -0.25) is 0 Å². The summed E-state index contributed by atoms with van der Waals surface area (Å²) in [5.74, 6) is 0. The molecule has 0 spiro atoms. The van der Waals surface area contributed by atoms with Gasteiger partial charge in [0.25, 0.3) is 0 Å². The molecule has 0 saturated carbocycles. The van der Waals surface area contributed by atoms with Gasteiger partial charge >= 0.3 is 0 Å². The molecule has 1 aliphatic rings. The molecule has 2 nitrogen and oxygen atoms in total. The molecule has 1 unspecified atom stereocenters. The van der Waals surface area contributed by atoms with Gasteiger partial charge < -0.3 is 10.2 Å². The van der Waals surface area contributed by atoms with Gasteiger partial charge in [-0.15, -0.1) is 0 Å². The van der Waals surface area contributed by atoms with Crippen LogP contribution in [-0.4, -0.2) is 19.1 Å². The van der Waals surface area contributed by atoms with E-state index in [0.29, 0.717) is 6.04 Å². The predicted molar refractivity (Wildman–Crippen MR) is 79.1 cm³/mol. The molecule has 1 atom stereocenters. The van der Waals surface area contributed by atoms with Gasteiger partial charge in [-0.25, -0.2) is 0 Å². The van der Waals surface area contributed by atoms with Crippen molar-refractivity contribution in [1.82, 2.24) is 5.32 Å². The monoisotopic (exact) mass is 246 g/mol. The molecule has 1 aromatic rings. The van der Waals surface area contributed by atoms with Crippen molar-refractivity contribution in [3.63, 3.8) is 0 Å². The minimum absolute atomic E-state index is 0.687. The van der Waals surface area contributed by atoms with Gasteiger partial charge in [0.05, 0.1) is 0 Å². The van der Waals surface area contributed by atoms with Crippen LogP contribution in [0, 0.1) is 0 Å². The van der Waals surface area contributed by atoms with Crippen molar-refractivity contribution in [3.8, 4) is 0 Å². The first-order valence-electron chi connectivity index (χ1n) is 7.37. The summed E-state index contributed by atoms with van der Waals surface area (Å²) in [6.45, 7) is 7.73. The maximum atomic E-state index is 3.37. The van der Waals surface area contributed by atoms with E-state index in [1.807, 2.05) is 0 Å². The summed E-state index contributed by atoms with van der Waals surface area (Å²) in [6.07, 6.45) is 5.44. The molecule has 0 radical (unpaired) electrons. The molecule has 0 aliphatic carbocycles. The average Bonchev–Trinajstić information content (AvgIpc) is 2.62. The van der Waals surface area contributed by atoms with E-state index in [1.165, 1.54) is 43.5 Å². The summed E-state index contributed by atoms with van der Waals surface area (Å²) in [7, 11) is 0. The summed E-state index contributed by atoms with van der Waals surface area (Å²) < 4.78 is 0. The van der Waals surface area contributed by atoms with Crippen molar-refractivity contribution < 1.29 is 0 Å². The molecule has 1 heterocycles. The summed E-state index contributed by atoms with van der Waals surface area (Å²) in [5.41, 5.74) is 2.77. The van der Waals surface area contributed by atoms with Gasteiger partial charge in [0.1, 0.15) is 0 Å². The van der Waals surface area contributed by atoms with Crippen LogP contribution in [0.1, 0.15) is 45.1 Å². The Morgan fingerprint density at radius 3 is 2.67 bits per heavy atom. The van der Waals surface area contributed by atoms with Crippen LogP contribution in [0.3, 0.4) is 0 Å². The molecule has 2 rings (SSSR count).